The molecule has 22 heavy (non-hydrogen) atoms. The number of benzene rings is 2. The Bertz CT molecular complexity index is 823. The van der Waals surface area contributed by atoms with Gasteiger partial charge in [0, 0.05) is 23.7 Å². The number of aromatic nitrogens is 2. The second-order valence-corrected chi connectivity index (χ2v) is 6.04. The van der Waals surface area contributed by atoms with Gasteiger partial charge in [-0.2, -0.15) is 0 Å². The van der Waals surface area contributed by atoms with Gasteiger partial charge in [-0.15, -0.1) is 0 Å². The van der Waals surface area contributed by atoms with Crippen LogP contribution in [0.1, 0.15) is 17.5 Å². The molecule has 3 nitrogen and oxygen atoms in total. The van der Waals surface area contributed by atoms with Crippen molar-refractivity contribution in [1.82, 2.24) is 9.55 Å². The smallest absolute Gasteiger partial charge is 0.141 e. The molecule has 1 aromatic heterocycles. The van der Waals surface area contributed by atoms with Crippen LogP contribution in [0.3, 0.4) is 0 Å². The van der Waals surface area contributed by atoms with E-state index < -0.39 is 0 Å². The van der Waals surface area contributed by atoms with Crippen LogP contribution in [-0.2, 0) is 6.54 Å². The fourth-order valence-corrected chi connectivity index (χ4v) is 2.87. The highest BCUT2D eigenvalue weighted by Gasteiger charge is 2.13. The Labute approximate surface area is 135 Å². The number of aliphatic hydroxyl groups excluding tert-OH is 1. The quantitative estimate of drug-likeness (QED) is 0.777. The van der Waals surface area contributed by atoms with Crippen LogP contribution in [-0.4, -0.2) is 21.3 Å². The number of imidazole rings is 1. The molecule has 0 aliphatic rings. The molecule has 3 aromatic rings. The highest BCUT2D eigenvalue weighted by atomic mass is 35.5. The van der Waals surface area contributed by atoms with Crippen molar-refractivity contribution >= 4 is 22.6 Å². The van der Waals surface area contributed by atoms with E-state index in [1.165, 1.54) is 11.1 Å². The zero-order valence-corrected chi connectivity index (χ0v) is 13.6. The fraction of sp³-hybridized carbons (Fsp3) is 0.278. The lowest BCUT2D eigenvalue weighted by Gasteiger charge is -2.09. The molecular formula is C18H19ClN2O. The van der Waals surface area contributed by atoms with E-state index in [4.69, 9.17) is 16.6 Å². The maximum atomic E-state index is 9.19. The molecule has 114 valence electrons. The van der Waals surface area contributed by atoms with Gasteiger partial charge in [-0.3, -0.25) is 0 Å². The molecule has 4 heteroatoms. The average molecular weight is 315 g/mol. The Kier molecular flexibility index (Phi) is 4.19. The molecule has 0 atom stereocenters. The predicted molar refractivity (Wildman–Crippen MR) is 91.4 cm³/mol. The molecule has 3 rings (SSSR count). The molecule has 0 aliphatic heterocycles. The Morgan fingerprint density at radius 3 is 2.64 bits per heavy atom. The van der Waals surface area contributed by atoms with E-state index in [2.05, 4.69) is 30.5 Å². The van der Waals surface area contributed by atoms with Crippen LogP contribution in [0, 0.1) is 13.8 Å². The van der Waals surface area contributed by atoms with Crippen molar-refractivity contribution in [2.45, 2.75) is 26.8 Å². The molecule has 0 radical (unpaired) electrons. The number of rotatable bonds is 4. The van der Waals surface area contributed by atoms with Crippen LogP contribution in [0.2, 0.25) is 5.02 Å². The molecule has 0 aliphatic carbocycles. The maximum absolute atomic E-state index is 9.19. The number of halogens is 1. The first kappa shape index (κ1) is 15.1. The van der Waals surface area contributed by atoms with Gasteiger partial charge in [-0.1, -0.05) is 23.7 Å². The van der Waals surface area contributed by atoms with Crippen molar-refractivity contribution in [2.75, 3.05) is 6.61 Å². The summed E-state index contributed by atoms with van der Waals surface area (Å²) < 4.78 is 2.17. The first-order chi connectivity index (χ1) is 10.6. The van der Waals surface area contributed by atoms with Gasteiger partial charge in [-0.25, -0.2) is 4.98 Å². The molecule has 0 bridgehead atoms. The van der Waals surface area contributed by atoms with Gasteiger partial charge in [0.15, 0.2) is 0 Å². The summed E-state index contributed by atoms with van der Waals surface area (Å²) in [5.74, 6) is 0.899. The van der Waals surface area contributed by atoms with Crippen molar-refractivity contribution < 1.29 is 5.11 Å². The molecule has 0 saturated heterocycles. The summed E-state index contributed by atoms with van der Waals surface area (Å²) in [6.45, 7) is 5.11. The summed E-state index contributed by atoms with van der Waals surface area (Å²) in [7, 11) is 0. The van der Waals surface area contributed by atoms with Gasteiger partial charge in [0.05, 0.1) is 11.0 Å². The number of hydrogen-bond acceptors (Lipinski definition) is 2. The second-order valence-electron chi connectivity index (χ2n) is 5.60. The average Bonchev–Trinajstić information content (AvgIpc) is 2.83. The number of nitrogens with zero attached hydrogens (tertiary/aromatic N) is 2. The van der Waals surface area contributed by atoms with E-state index in [0.717, 1.165) is 29.0 Å². The summed E-state index contributed by atoms with van der Waals surface area (Å²) in [5.41, 5.74) is 5.56. The van der Waals surface area contributed by atoms with Gasteiger partial charge < -0.3 is 9.67 Å². The van der Waals surface area contributed by atoms with Crippen LogP contribution in [0.4, 0.5) is 0 Å². The number of aliphatic hydroxyl groups is 1. The second kappa shape index (κ2) is 6.11. The summed E-state index contributed by atoms with van der Waals surface area (Å²) in [6, 6.07) is 12.0. The van der Waals surface area contributed by atoms with Crippen LogP contribution < -0.4 is 0 Å². The Hall–Kier alpha value is -1.84. The van der Waals surface area contributed by atoms with Gasteiger partial charge in [0.1, 0.15) is 5.82 Å². The van der Waals surface area contributed by atoms with Crippen molar-refractivity contribution in [3.63, 3.8) is 0 Å². The summed E-state index contributed by atoms with van der Waals surface area (Å²) >= 11 is 6.12. The third kappa shape index (κ3) is 2.74. The molecular weight excluding hydrogens is 296 g/mol. The minimum Gasteiger partial charge on any atom is -0.396 e. The van der Waals surface area contributed by atoms with E-state index in [1.807, 2.05) is 24.3 Å². The lowest BCUT2D eigenvalue weighted by Crippen LogP contribution is -2.02. The molecule has 0 unspecified atom stereocenters. The van der Waals surface area contributed by atoms with Crippen molar-refractivity contribution in [3.05, 3.63) is 52.5 Å². The number of hydrogen-bond donors (Lipinski definition) is 1. The zero-order chi connectivity index (χ0) is 15.7. The number of fused-ring (bicyclic) bond motifs is 1. The van der Waals surface area contributed by atoms with Crippen LogP contribution in [0.25, 0.3) is 22.4 Å². The van der Waals surface area contributed by atoms with E-state index in [0.29, 0.717) is 11.4 Å². The predicted octanol–water partition coefficient (Wildman–Crippen LogP) is 4.36. The topological polar surface area (TPSA) is 38.0 Å². The van der Waals surface area contributed by atoms with Gasteiger partial charge in [-0.05, 0) is 55.7 Å². The molecule has 1 N–H and O–H groups in total. The van der Waals surface area contributed by atoms with E-state index in [-0.39, 0.29) is 6.61 Å². The van der Waals surface area contributed by atoms with Gasteiger partial charge in [0.25, 0.3) is 0 Å². The minimum absolute atomic E-state index is 0.166. The van der Waals surface area contributed by atoms with Gasteiger partial charge in [0.2, 0.25) is 0 Å². The number of aryl methyl sites for hydroxylation is 3. The highest BCUT2D eigenvalue weighted by Crippen LogP contribution is 2.28. The van der Waals surface area contributed by atoms with E-state index in [1.54, 1.807) is 0 Å². The third-order valence-electron chi connectivity index (χ3n) is 3.99. The molecule has 0 amide bonds. The normalized spacial score (nSPS) is 11.3. The van der Waals surface area contributed by atoms with E-state index in [9.17, 15) is 5.11 Å². The summed E-state index contributed by atoms with van der Waals surface area (Å²) in [5, 5.41) is 9.89. The summed E-state index contributed by atoms with van der Waals surface area (Å²) in [6.07, 6.45) is 0.700. The van der Waals surface area contributed by atoms with Crippen molar-refractivity contribution in [2.24, 2.45) is 0 Å². The SMILES string of the molecule is Cc1cc2nc(-c3cccc(Cl)c3)n(CCCO)c2cc1C. The molecule has 0 saturated carbocycles. The first-order valence-electron chi connectivity index (χ1n) is 7.44. The lowest BCUT2D eigenvalue weighted by molar-refractivity contribution is 0.281. The van der Waals surface area contributed by atoms with Crippen molar-refractivity contribution in [3.8, 4) is 11.4 Å². The highest BCUT2D eigenvalue weighted by molar-refractivity contribution is 6.30. The largest absolute Gasteiger partial charge is 0.396 e. The van der Waals surface area contributed by atoms with Gasteiger partial charge >= 0.3 is 0 Å². The minimum atomic E-state index is 0.166. The zero-order valence-electron chi connectivity index (χ0n) is 12.8. The Morgan fingerprint density at radius 2 is 1.91 bits per heavy atom. The van der Waals surface area contributed by atoms with E-state index >= 15 is 0 Å². The van der Waals surface area contributed by atoms with Crippen LogP contribution >= 0.6 is 11.6 Å². The molecule has 0 spiro atoms. The Balaban J connectivity index is 2.23. The van der Waals surface area contributed by atoms with Crippen LogP contribution in [0.5, 0.6) is 0 Å². The standard InChI is InChI=1S/C18H19ClN2O/c1-12-9-16-17(10-13(12)2)21(7-4-8-22)18(20-16)14-5-3-6-15(19)11-14/h3,5-6,9-11,22H,4,7-8H2,1-2H3. The van der Waals surface area contributed by atoms with Crippen LogP contribution in [0.15, 0.2) is 36.4 Å². The molecule has 0 fully saturated rings. The fourth-order valence-electron chi connectivity index (χ4n) is 2.68. The van der Waals surface area contributed by atoms with Crippen molar-refractivity contribution in [1.29, 1.82) is 0 Å². The Morgan fingerprint density at radius 1 is 1.14 bits per heavy atom. The maximum Gasteiger partial charge on any atom is 0.141 e. The monoisotopic (exact) mass is 314 g/mol. The summed E-state index contributed by atoms with van der Waals surface area (Å²) in [4.78, 5) is 4.80. The lowest BCUT2D eigenvalue weighted by atomic mass is 10.1. The third-order valence-corrected chi connectivity index (χ3v) is 4.22. The molecule has 1 heterocycles. The molecule has 2 aromatic carbocycles. The first-order valence-corrected chi connectivity index (χ1v) is 7.82.